The maximum Gasteiger partial charge on any atom is 0.177 e. The predicted octanol–water partition coefficient (Wildman–Crippen LogP) is 1.81. The highest BCUT2D eigenvalue weighted by molar-refractivity contribution is 9.10. The Morgan fingerprint density at radius 1 is 1.56 bits per heavy atom. The van der Waals surface area contributed by atoms with E-state index in [2.05, 4.69) is 27.1 Å². The van der Waals surface area contributed by atoms with E-state index in [-0.39, 0.29) is 0 Å². The van der Waals surface area contributed by atoms with Crippen LogP contribution in [0.1, 0.15) is 11.1 Å². The molecule has 0 fully saturated rings. The van der Waals surface area contributed by atoms with Gasteiger partial charge in [-0.25, -0.2) is 0 Å². The SMILES string of the molecule is N/N=C(/N)SCc1cc(Br)cc2c1OCC2. The van der Waals surface area contributed by atoms with Gasteiger partial charge in [0.1, 0.15) is 5.75 Å². The first kappa shape index (κ1) is 11.6. The van der Waals surface area contributed by atoms with Gasteiger partial charge in [-0.2, -0.15) is 5.10 Å². The third-order valence-electron chi connectivity index (χ3n) is 2.33. The topological polar surface area (TPSA) is 73.6 Å². The molecule has 4 N–H and O–H groups in total. The molecule has 0 spiro atoms. The molecule has 1 aromatic carbocycles. The minimum atomic E-state index is 0.381. The summed E-state index contributed by atoms with van der Waals surface area (Å²) in [4.78, 5) is 0. The van der Waals surface area contributed by atoms with E-state index >= 15 is 0 Å². The minimum absolute atomic E-state index is 0.381. The van der Waals surface area contributed by atoms with Crippen molar-refractivity contribution in [2.75, 3.05) is 6.61 Å². The molecule has 2 rings (SSSR count). The first-order valence-corrected chi connectivity index (χ1v) is 6.59. The molecule has 1 aromatic rings. The summed E-state index contributed by atoms with van der Waals surface area (Å²) in [5.41, 5.74) is 7.91. The van der Waals surface area contributed by atoms with Crippen LogP contribution < -0.4 is 16.3 Å². The third kappa shape index (κ3) is 2.44. The number of hydrogen-bond donors (Lipinski definition) is 2. The normalized spacial score (nSPS) is 14.7. The van der Waals surface area contributed by atoms with Crippen LogP contribution in [0.3, 0.4) is 0 Å². The molecular formula is C10H12BrN3OS. The number of benzene rings is 1. The molecule has 0 amide bonds. The van der Waals surface area contributed by atoms with Crippen LogP contribution in [0.4, 0.5) is 0 Å². The Morgan fingerprint density at radius 2 is 2.38 bits per heavy atom. The number of fused-ring (bicyclic) bond motifs is 1. The lowest BCUT2D eigenvalue weighted by atomic mass is 10.1. The molecule has 0 aromatic heterocycles. The van der Waals surface area contributed by atoms with Crippen molar-refractivity contribution in [3.63, 3.8) is 0 Å². The van der Waals surface area contributed by atoms with Crippen LogP contribution in [0.15, 0.2) is 21.7 Å². The summed E-state index contributed by atoms with van der Waals surface area (Å²) in [6.07, 6.45) is 0.965. The Kier molecular flexibility index (Phi) is 3.60. The summed E-state index contributed by atoms with van der Waals surface area (Å²) in [6.45, 7) is 0.754. The average Bonchev–Trinajstić information content (AvgIpc) is 2.73. The third-order valence-corrected chi connectivity index (χ3v) is 3.64. The highest BCUT2D eigenvalue weighted by Crippen LogP contribution is 2.34. The summed E-state index contributed by atoms with van der Waals surface area (Å²) in [6, 6.07) is 4.14. The van der Waals surface area contributed by atoms with Gasteiger partial charge in [-0.3, -0.25) is 0 Å². The zero-order chi connectivity index (χ0) is 11.5. The number of hydrazone groups is 1. The van der Waals surface area contributed by atoms with E-state index in [0.717, 1.165) is 28.8 Å². The summed E-state index contributed by atoms with van der Waals surface area (Å²) in [5.74, 6) is 6.78. The smallest absolute Gasteiger partial charge is 0.177 e. The average molecular weight is 302 g/mol. The van der Waals surface area contributed by atoms with Crippen molar-refractivity contribution in [3.05, 3.63) is 27.7 Å². The van der Waals surface area contributed by atoms with Gasteiger partial charge >= 0.3 is 0 Å². The van der Waals surface area contributed by atoms with Crippen molar-refractivity contribution >= 4 is 32.9 Å². The van der Waals surface area contributed by atoms with E-state index in [1.165, 1.54) is 17.3 Å². The summed E-state index contributed by atoms with van der Waals surface area (Å²) < 4.78 is 6.67. The van der Waals surface area contributed by atoms with E-state index in [4.69, 9.17) is 16.3 Å². The Bertz CT molecular complexity index is 436. The van der Waals surface area contributed by atoms with Crippen molar-refractivity contribution in [1.82, 2.24) is 0 Å². The number of nitrogens with two attached hydrogens (primary N) is 2. The predicted molar refractivity (Wildman–Crippen MR) is 70.4 cm³/mol. The fourth-order valence-corrected chi connectivity index (χ4v) is 2.79. The van der Waals surface area contributed by atoms with Gasteiger partial charge in [0.25, 0.3) is 0 Å². The van der Waals surface area contributed by atoms with E-state index in [0.29, 0.717) is 10.9 Å². The van der Waals surface area contributed by atoms with E-state index in [1.807, 2.05) is 6.07 Å². The second kappa shape index (κ2) is 4.97. The Balaban J connectivity index is 2.20. The van der Waals surface area contributed by atoms with Crippen molar-refractivity contribution in [2.45, 2.75) is 12.2 Å². The van der Waals surface area contributed by atoms with E-state index in [9.17, 15) is 0 Å². The highest BCUT2D eigenvalue weighted by Gasteiger charge is 2.17. The monoisotopic (exact) mass is 301 g/mol. The Morgan fingerprint density at radius 3 is 3.12 bits per heavy atom. The van der Waals surface area contributed by atoms with Crippen LogP contribution in [0.25, 0.3) is 0 Å². The van der Waals surface area contributed by atoms with Gasteiger partial charge < -0.3 is 16.3 Å². The van der Waals surface area contributed by atoms with Gasteiger partial charge in [-0.05, 0) is 17.7 Å². The zero-order valence-electron chi connectivity index (χ0n) is 8.57. The molecular weight excluding hydrogens is 290 g/mol. The molecule has 0 bridgehead atoms. The molecule has 0 radical (unpaired) electrons. The number of halogens is 1. The molecule has 0 unspecified atom stereocenters. The number of amidine groups is 1. The lowest BCUT2D eigenvalue weighted by Gasteiger charge is -2.08. The molecule has 16 heavy (non-hydrogen) atoms. The molecule has 1 aliphatic rings. The van der Waals surface area contributed by atoms with Gasteiger partial charge in [0.2, 0.25) is 0 Å². The maximum atomic E-state index is 5.60. The van der Waals surface area contributed by atoms with Crippen molar-refractivity contribution in [3.8, 4) is 5.75 Å². The quantitative estimate of drug-likeness (QED) is 0.378. The maximum absolute atomic E-state index is 5.60. The Hall–Kier alpha value is -0.880. The van der Waals surface area contributed by atoms with Gasteiger partial charge in [0, 0.05) is 22.2 Å². The molecule has 6 heteroatoms. The summed E-state index contributed by atoms with van der Waals surface area (Å²) >= 11 is 4.89. The second-order valence-electron chi connectivity index (χ2n) is 3.41. The first-order valence-electron chi connectivity index (χ1n) is 4.81. The Labute approximate surface area is 107 Å². The van der Waals surface area contributed by atoms with Crippen molar-refractivity contribution in [2.24, 2.45) is 16.7 Å². The number of thioether (sulfide) groups is 1. The minimum Gasteiger partial charge on any atom is -0.493 e. The lowest BCUT2D eigenvalue weighted by Crippen LogP contribution is -2.09. The molecule has 0 saturated heterocycles. The van der Waals surface area contributed by atoms with Gasteiger partial charge in [-0.1, -0.05) is 27.7 Å². The molecule has 1 heterocycles. The van der Waals surface area contributed by atoms with Gasteiger partial charge in [0.15, 0.2) is 5.17 Å². The van der Waals surface area contributed by atoms with Gasteiger partial charge in [-0.15, -0.1) is 0 Å². The molecule has 4 nitrogen and oxygen atoms in total. The molecule has 0 atom stereocenters. The van der Waals surface area contributed by atoms with Crippen LogP contribution in [0.5, 0.6) is 5.75 Å². The van der Waals surface area contributed by atoms with E-state index in [1.54, 1.807) is 0 Å². The van der Waals surface area contributed by atoms with E-state index < -0.39 is 0 Å². The summed E-state index contributed by atoms with van der Waals surface area (Å²) in [5, 5.41) is 3.81. The van der Waals surface area contributed by atoms with Crippen LogP contribution >= 0.6 is 27.7 Å². The van der Waals surface area contributed by atoms with Crippen molar-refractivity contribution in [1.29, 1.82) is 0 Å². The van der Waals surface area contributed by atoms with Crippen LogP contribution in [0.2, 0.25) is 0 Å². The highest BCUT2D eigenvalue weighted by atomic mass is 79.9. The number of ether oxygens (including phenoxy) is 1. The molecule has 0 aliphatic carbocycles. The lowest BCUT2D eigenvalue weighted by molar-refractivity contribution is 0.354. The summed E-state index contributed by atoms with van der Waals surface area (Å²) in [7, 11) is 0. The van der Waals surface area contributed by atoms with Crippen LogP contribution in [0, 0.1) is 0 Å². The fourth-order valence-electron chi connectivity index (χ4n) is 1.64. The van der Waals surface area contributed by atoms with Crippen molar-refractivity contribution < 1.29 is 4.74 Å². The number of rotatable bonds is 2. The number of hydrogen-bond acceptors (Lipinski definition) is 4. The molecule has 0 saturated carbocycles. The van der Waals surface area contributed by atoms with Gasteiger partial charge in [0.05, 0.1) is 6.61 Å². The fraction of sp³-hybridized carbons (Fsp3) is 0.300. The zero-order valence-corrected chi connectivity index (χ0v) is 11.0. The molecule has 1 aliphatic heterocycles. The largest absolute Gasteiger partial charge is 0.493 e. The number of nitrogens with zero attached hydrogens (tertiary/aromatic N) is 1. The van der Waals surface area contributed by atoms with Crippen LogP contribution in [-0.2, 0) is 12.2 Å². The first-order chi connectivity index (χ1) is 7.70. The standard InChI is InChI=1S/C10H12BrN3OS/c11-8-3-6-1-2-15-9(6)7(4-8)5-16-10(12)14-13/h3-4H,1-2,5,13H2,(H2,12,14). The second-order valence-corrected chi connectivity index (χ2v) is 5.32. The van der Waals surface area contributed by atoms with Crippen LogP contribution in [-0.4, -0.2) is 11.8 Å². The molecule has 86 valence electrons.